The fourth-order valence-corrected chi connectivity index (χ4v) is 2.15. The van der Waals surface area contributed by atoms with Crippen molar-refractivity contribution in [2.45, 2.75) is 5.03 Å². The van der Waals surface area contributed by atoms with E-state index in [1.807, 2.05) is 30.3 Å². The Labute approximate surface area is 104 Å². The number of aromatic nitrogens is 1. The van der Waals surface area contributed by atoms with Gasteiger partial charge >= 0.3 is 0 Å². The molecule has 0 spiro atoms. The molecule has 0 aliphatic carbocycles. The molecule has 86 valence electrons. The van der Waals surface area contributed by atoms with Gasteiger partial charge in [0.1, 0.15) is 0 Å². The summed E-state index contributed by atoms with van der Waals surface area (Å²) < 4.78 is 0. The molecule has 0 saturated heterocycles. The van der Waals surface area contributed by atoms with Crippen LogP contribution in [-0.2, 0) is 0 Å². The Morgan fingerprint density at radius 3 is 2.65 bits per heavy atom. The number of carbonyl (C=O) groups is 1. The van der Waals surface area contributed by atoms with Crippen LogP contribution in [0.1, 0.15) is 10.4 Å². The largest absolute Gasteiger partial charge is 0.398 e. The molecule has 3 nitrogen and oxygen atoms in total. The summed E-state index contributed by atoms with van der Waals surface area (Å²) >= 11 is 1.42. The van der Waals surface area contributed by atoms with Crippen molar-refractivity contribution in [2.24, 2.45) is 0 Å². The fraction of sp³-hybridized carbons (Fsp3) is 0.0769. The van der Waals surface area contributed by atoms with Gasteiger partial charge in [-0.3, -0.25) is 4.79 Å². The molecule has 0 aliphatic rings. The number of hydrogen-bond donors (Lipinski definition) is 1. The van der Waals surface area contributed by atoms with Gasteiger partial charge in [0, 0.05) is 17.4 Å². The molecule has 2 N–H and O–H groups in total. The highest BCUT2D eigenvalue weighted by atomic mass is 32.2. The summed E-state index contributed by atoms with van der Waals surface area (Å²) in [5.41, 5.74) is 6.85. The minimum Gasteiger partial charge on any atom is -0.398 e. The minimum absolute atomic E-state index is 0.0266. The van der Waals surface area contributed by atoms with Gasteiger partial charge in [0.05, 0.1) is 10.8 Å². The van der Waals surface area contributed by atoms with Crippen LogP contribution in [0.3, 0.4) is 0 Å². The second-order valence-corrected chi connectivity index (χ2v) is 4.46. The summed E-state index contributed by atoms with van der Waals surface area (Å²) in [6, 6.07) is 12.7. The van der Waals surface area contributed by atoms with Crippen LogP contribution in [0.2, 0.25) is 0 Å². The van der Waals surface area contributed by atoms with Crippen molar-refractivity contribution in [1.29, 1.82) is 0 Å². The predicted octanol–water partition coefficient (Wildman–Crippen LogP) is 2.64. The van der Waals surface area contributed by atoms with Crippen molar-refractivity contribution >= 4 is 23.2 Å². The van der Waals surface area contributed by atoms with Gasteiger partial charge in [-0.1, -0.05) is 30.0 Å². The van der Waals surface area contributed by atoms with Crippen molar-refractivity contribution in [2.75, 3.05) is 11.5 Å². The number of pyridine rings is 1. The van der Waals surface area contributed by atoms with Crippen molar-refractivity contribution in [3.63, 3.8) is 0 Å². The van der Waals surface area contributed by atoms with Crippen molar-refractivity contribution in [1.82, 2.24) is 4.98 Å². The Hall–Kier alpha value is -1.81. The molecule has 4 heteroatoms. The molecule has 0 fully saturated rings. The van der Waals surface area contributed by atoms with E-state index in [4.69, 9.17) is 5.73 Å². The van der Waals surface area contributed by atoms with Crippen LogP contribution in [0.15, 0.2) is 53.7 Å². The maximum Gasteiger partial charge on any atom is 0.175 e. The third-order valence-electron chi connectivity index (χ3n) is 2.25. The minimum atomic E-state index is 0.0266. The highest BCUT2D eigenvalue weighted by molar-refractivity contribution is 7.99. The number of nitrogens with two attached hydrogens (primary N) is 1. The van der Waals surface area contributed by atoms with Gasteiger partial charge in [0.2, 0.25) is 0 Å². The Balaban J connectivity index is 2.01. The molecule has 1 heterocycles. The molecule has 1 aromatic heterocycles. The van der Waals surface area contributed by atoms with Crippen LogP contribution in [0, 0.1) is 0 Å². The number of hydrogen-bond acceptors (Lipinski definition) is 4. The number of thioether (sulfide) groups is 1. The average Bonchev–Trinajstić information content (AvgIpc) is 2.38. The van der Waals surface area contributed by atoms with Crippen LogP contribution in [0.25, 0.3) is 0 Å². The van der Waals surface area contributed by atoms with Gasteiger partial charge in [0.25, 0.3) is 0 Å². The molecule has 0 atom stereocenters. The number of Topliss-reactive ketones (excluding diaryl/α,β-unsaturated/α-hetero) is 1. The van der Waals surface area contributed by atoms with Gasteiger partial charge in [-0.2, -0.15) is 0 Å². The molecule has 2 rings (SSSR count). The maximum atomic E-state index is 11.9. The molecule has 17 heavy (non-hydrogen) atoms. The molecular weight excluding hydrogens is 232 g/mol. The van der Waals surface area contributed by atoms with Gasteiger partial charge in [0.15, 0.2) is 5.78 Å². The molecular formula is C13H12N2OS. The van der Waals surface area contributed by atoms with Gasteiger partial charge in [-0.25, -0.2) is 4.98 Å². The number of rotatable bonds is 4. The normalized spacial score (nSPS) is 10.1. The van der Waals surface area contributed by atoms with E-state index in [-0.39, 0.29) is 5.78 Å². The quantitative estimate of drug-likeness (QED) is 0.510. The first-order chi connectivity index (χ1) is 8.27. The SMILES string of the molecule is Nc1ccccc1C(=O)CSc1ccccn1. The lowest BCUT2D eigenvalue weighted by Gasteiger charge is -2.03. The zero-order valence-electron chi connectivity index (χ0n) is 9.17. The predicted molar refractivity (Wildman–Crippen MR) is 70.1 cm³/mol. The number of para-hydroxylation sites is 1. The average molecular weight is 244 g/mol. The zero-order chi connectivity index (χ0) is 12.1. The van der Waals surface area contributed by atoms with E-state index < -0.39 is 0 Å². The molecule has 0 aliphatic heterocycles. The summed E-state index contributed by atoms with van der Waals surface area (Å²) in [4.78, 5) is 16.1. The number of ketones is 1. The third kappa shape index (κ3) is 3.07. The van der Waals surface area contributed by atoms with Crippen molar-refractivity contribution < 1.29 is 4.79 Å². The number of carbonyl (C=O) groups excluding carboxylic acids is 1. The first kappa shape index (κ1) is 11.7. The molecule has 0 unspecified atom stereocenters. The van der Waals surface area contributed by atoms with Crippen LogP contribution in [0.4, 0.5) is 5.69 Å². The topological polar surface area (TPSA) is 56.0 Å². The molecule has 2 aromatic rings. The lowest BCUT2D eigenvalue weighted by molar-refractivity contribution is 0.102. The summed E-state index contributed by atoms with van der Waals surface area (Å²) in [5.74, 6) is 0.379. The molecule has 0 amide bonds. The van der Waals surface area contributed by atoms with Crippen molar-refractivity contribution in [3.05, 3.63) is 54.2 Å². The summed E-state index contributed by atoms with van der Waals surface area (Å²) in [6.45, 7) is 0. The summed E-state index contributed by atoms with van der Waals surface area (Å²) in [5, 5.41) is 0.843. The van der Waals surface area contributed by atoms with Crippen LogP contribution < -0.4 is 5.73 Å². The first-order valence-corrected chi connectivity index (χ1v) is 6.17. The van der Waals surface area contributed by atoms with E-state index in [2.05, 4.69) is 4.98 Å². The highest BCUT2D eigenvalue weighted by Crippen LogP contribution is 2.18. The van der Waals surface area contributed by atoms with Gasteiger partial charge < -0.3 is 5.73 Å². The molecule has 1 aromatic carbocycles. The van der Waals surface area contributed by atoms with Crippen LogP contribution >= 0.6 is 11.8 Å². The first-order valence-electron chi connectivity index (χ1n) is 5.19. The lowest BCUT2D eigenvalue weighted by atomic mass is 10.1. The van der Waals surface area contributed by atoms with Crippen LogP contribution in [0.5, 0.6) is 0 Å². The summed E-state index contributed by atoms with van der Waals surface area (Å²) in [6.07, 6.45) is 1.71. The third-order valence-corrected chi connectivity index (χ3v) is 3.19. The van der Waals surface area contributed by atoms with Gasteiger partial charge in [-0.05, 0) is 24.3 Å². The van der Waals surface area contributed by atoms with Crippen LogP contribution in [-0.4, -0.2) is 16.5 Å². The highest BCUT2D eigenvalue weighted by Gasteiger charge is 2.09. The standard InChI is InChI=1S/C13H12N2OS/c14-11-6-2-1-5-10(11)12(16)9-17-13-7-3-4-8-15-13/h1-8H,9,14H2. The number of anilines is 1. The van der Waals surface area contributed by atoms with E-state index in [0.29, 0.717) is 17.0 Å². The molecule has 0 bridgehead atoms. The summed E-state index contributed by atoms with van der Waals surface area (Å²) in [7, 11) is 0. The smallest absolute Gasteiger partial charge is 0.175 e. The van der Waals surface area contributed by atoms with E-state index in [1.54, 1.807) is 18.3 Å². The maximum absolute atomic E-state index is 11.9. The Morgan fingerprint density at radius 2 is 1.94 bits per heavy atom. The Morgan fingerprint density at radius 1 is 1.18 bits per heavy atom. The lowest BCUT2D eigenvalue weighted by Crippen LogP contribution is -2.06. The number of nitrogens with zero attached hydrogens (tertiary/aromatic N) is 1. The van der Waals surface area contributed by atoms with E-state index >= 15 is 0 Å². The Kier molecular flexibility index (Phi) is 3.77. The number of nitrogen functional groups attached to an aromatic ring is 1. The van der Waals surface area contributed by atoms with E-state index in [9.17, 15) is 4.79 Å². The fourth-order valence-electron chi connectivity index (χ4n) is 1.40. The zero-order valence-corrected chi connectivity index (χ0v) is 9.98. The molecule has 0 radical (unpaired) electrons. The Bertz CT molecular complexity index is 514. The number of benzene rings is 1. The molecule has 0 saturated carbocycles. The van der Waals surface area contributed by atoms with E-state index in [0.717, 1.165) is 5.03 Å². The second kappa shape index (κ2) is 5.50. The monoisotopic (exact) mass is 244 g/mol. The van der Waals surface area contributed by atoms with Crippen molar-refractivity contribution in [3.8, 4) is 0 Å². The second-order valence-electron chi connectivity index (χ2n) is 3.47. The van der Waals surface area contributed by atoms with E-state index in [1.165, 1.54) is 11.8 Å². The van der Waals surface area contributed by atoms with Gasteiger partial charge in [-0.15, -0.1) is 0 Å².